The van der Waals surface area contributed by atoms with Crippen molar-refractivity contribution >= 4 is 6.72 Å². The fourth-order valence-electron chi connectivity index (χ4n) is 0.750. The lowest BCUT2D eigenvalue weighted by atomic mass is 10.2. The van der Waals surface area contributed by atoms with E-state index in [0.717, 1.165) is 17.8 Å². The van der Waals surface area contributed by atoms with Gasteiger partial charge in [0.1, 0.15) is 0 Å². The number of allylic oxidation sites excluding steroid dienone is 2. The summed E-state index contributed by atoms with van der Waals surface area (Å²) >= 11 is 0. The van der Waals surface area contributed by atoms with Crippen LogP contribution >= 0.6 is 0 Å². The Hall–Kier alpha value is -0.890. The van der Waals surface area contributed by atoms with E-state index >= 15 is 0 Å². The third kappa shape index (κ3) is 11.1. The SMILES string of the molecule is C=N/C(=C\C(=C)C)CN(C)C.CC. The number of hydrogen-bond donors (Lipinski definition) is 0. The third-order valence-corrected chi connectivity index (χ3v) is 1.09. The lowest BCUT2D eigenvalue weighted by Crippen LogP contribution is -2.14. The molecular formula is C11H22N2. The number of rotatable bonds is 4. The van der Waals surface area contributed by atoms with E-state index in [0.29, 0.717) is 0 Å². The molecule has 2 heteroatoms. The van der Waals surface area contributed by atoms with Gasteiger partial charge in [-0.05, 0) is 33.8 Å². The molecule has 0 aliphatic heterocycles. The summed E-state index contributed by atoms with van der Waals surface area (Å²) in [5.74, 6) is 0. The minimum absolute atomic E-state index is 0.816. The van der Waals surface area contributed by atoms with Crippen molar-refractivity contribution in [3.63, 3.8) is 0 Å². The molecule has 0 aromatic carbocycles. The van der Waals surface area contributed by atoms with Gasteiger partial charge in [-0.1, -0.05) is 26.0 Å². The van der Waals surface area contributed by atoms with Crippen LogP contribution in [0.3, 0.4) is 0 Å². The molecule has 0 N–H and O–H groups in total. The lowest BCUT2D eigenvalue weighted by molar-refractivity contribution is 0.444. The van der Waals surface area contributed by atoms with Crippen LogP contribution in [-0.2, 0) is 0 Å². The summed E-state index contributed by atoms with van der Waals surface area (Å²) in [6.45, 7) is 14.0. The normalized spacial score (nSPS) is 10.5. The number of nitrogens with zero attached hydrogens (tertiary/aromatic N) is 2. The van der Waals surface area contributed by atoms with Crippen molar-refractivity contribution in [2.24, 2.45) is 4.99 Å². The predicted molar refractivity (Wildman–Crippen MR) is 62.3 cm³/mol. The summed E-state index contributed by atoms with van der Waals surface area (Å²) in [5.41, 5.74) is 1.97. The van der Waals surface area contributed by atoms with Crippen LogP contribution in [0.15, 0.2) is 28.9 Å². The summed E-state index contributed by atoms with van der Waals surface area (Å²) in [4.78, 5) is 5.92. The fraction of sp³-hybridized carbons (Fsp3) is 0.545. The van der Waals surface area contributed by atoms with E-state index in [1.54, 1.807) is 0 Å². The van der Waals surface area contributed by atoms with Gasteiger partial charge in [-0.2, -0.15) is 0 Å². The Morgan fingerprint density at radius 2 is 1.85 bits per heavy atom. The van der Waals surface area contributed by atoms with E-state index in [1.807, 2.05) is 45.8 Å². The van der Waals surface area contributed by atoms with E-state index in [4.69, 9.17) is 0 Å². The van der Waals surface area contributed by atoms with Crippen LogP contribution < -0.4 is 0 Å². The fourth-order valence-corrected chi connectivity index (χ4v) is 0.750. The molecule has 0 bridgehead atoms. The van der Waals surface area contributed by atoms with Crippen LogP contribution in [-0.4, -0.2) is 32.3 Å². The van der Waals surface area contributed by atoms with E-state index in [-0.39, 0.29) is 0 Å². The molecule has 0 aromatic rings. The second-order valence-corrected chi connectivity index (χ2v) is 2.88. The minimum atomic E-state index is 0.816. The van der Waals surface area contributed by atoms with Crippen LogP contribution in [0, 0.1) is 0 Å². The Kier molecular flexibility index (Phi) is 10.3. The highest BCUT2D eigenvalue weighted by atomic mass is 15.1. The Balaban J connectivity index is 0. The first-order valence-electron chi connectivity index (χ1n) is 4.53. The second kappa shape index (κ2) is 9.20. The molecule has 0 spiro atoms. The van der Waals surface area contributed by atoms with E-state index in [9.17, 15) is 0 Å². The average Bonchev–Trinajstić information content (AvgIpc) is 2.05. The number of hydrogen-bond acceptors (Lipinski definition) is 2. The molecule has 0 aliphatic carbocycles. The Labute approximate surface area is 82.7 Å². The lowest BCUT2D eigenvalue weighted by Gasteiger charge is -2.08. The Morgan fingerprint density at radius 3 is 2.08 bits per heavy atom. The second-order valence-electron chi connectivity index (χ2n) is 2.88. The smallest absolute Gasteiger partial charge is 0.0538 e. The molecule has 0 rings (SSSR count). The van der Waals surface area contributed by atoms with Crippen molar-refractivity contribution in [2.75, 3.05) is 20.6 Å². The Morgan fingerprint density at radius 1 is 1.38 bits per heavy atom. The standard InChI is InChI=1S/C9H16N2.C2H6/c1-8(2)6-9(10-3)7-11(4)5;1-2/h6H,1,3,7H2,2,4-5H3;1-2H3/b9-6-;. The van der Waals surface area contributed by atoms with Crippen LogP contribution in [0.4, 0.5) is 0 Å². The largest absolute Gasteiger partial charge is 0.304 e. The highest BCUT2D eigenvalue weighted by Gasteiger charge is 1.94. The maximum absolute atomic E-state index is 3.88. The van der Waals surface area contributed by atoms with Gasteiger partial charge in [-0.25, -0.2) is 0 Å². The monoisotopic (exact) mass is 182 g/mol. The van der Waals surface area contributed by atoms with Crippen molar-refractivity contribution in [2.45, 2.75) is 20.8 Å². The average molecular weight is 182 g/mol. The minimum Gasteiger partial charge on any atom is -0.304 e. The van der Waals surface area contributed by atoms with Gasteiger partial charge >= 0.3 is 0 Å². The predicted octanol–water partition coefficient (Wildman–Crippen LogP) is 2.73. The van der Waals surface area contributed by atoms with Crippen molar-refractivity contribution in [1.82, 2.24) is 4.90 Å². The van der Waals surface area contributed by atoms with E-state index in [2.05, 4.69) is 18.3 Å². The molecule has 0 saturated heterocycles. The molecule has 2 nitrogen and oxygen atoms in total. The molecule has 0 radical (unpaired) electrons. The van der Waals surface area contributed by atoms with Crippen molar-refractivity contribution in [3.8, 4) is 0 Å². The van der Waals surface area contributed by atoms with Crippen LogP contribution in [0.1, 0.15) is 20.8 Å². The first-order valence-corrected chi connectivity index (χ1v) is 4.53. The van der Waals surface area contributed by atoms with Gasteiger partial charge in [0.15, 0.2) is 0 Å². The molecule has 0 atom stereocenters. The van der Waals surface area contributed by atoms with Crippen molar-refractivity contribution < 1.29 is 0 Å². The molecule has 0 saturated carbocycles. The topological polar surface area (TPSA) is 15.6 Å². The summed E-state index contributed by atoms with van der Waals surface area (Å²) in [7, 11) is 3.99. The zero-order chi connectivity index (χ0) is 10.9. The first kappa shape index (κ1) is 14.6. The van der Waals surface area contributed by atoms with Crippen LogP contribution in [0.25, 0.3) is 0 Å². The van der Waals surface area contributed by atoms with E-state index in [1.165, 1.54) is 0 Å². The van der Waals surface area contributed by atoms with Gasteiger partial charge in [0.25, 0.3) is 0 Å². The Bertz CT molecular complexity index is 179. The van der Waals surface area contributed by atoms with Gasteiger partial charge in [-0.15, -0.1) is 0 Å². The van der Waals surface area contributed by atoms with Crippen molar-refractivity contribution in [3.05, 3.63) is 23.9 Å². The van der Waals surface area contributed by atoms with Crippen LogP contribution in [0.2, 0.25) is 0 Å². The number of aliphatic imine (C=N–C) groups is 1. The van der Waals surface area contributed by atoms with Gasteiger partial charge < -0.3 is 4.90 Å². The van der Waals surface area contributed by atoms with Gasteiger partial charge in [0, 0.05) is 6.54 Å². The third-order valence-electron chi connectivity index (χ3n) is 1.09. The van der Waals surface area contributed by atoms with Gasteiger partial charge in [0.05, 0.1) is 5.70 Å². The first-order chi connectivity index (χ1) is 6.06. The van der Waals surface area contributed by atoms with Crippen LogP contribution in [0.5, 0.6) is 0 Å². The summed E-state index contributed by atoms with van der Waals surface area (Å²) < 4.78 is 0. The summed E-state index contributed by atoms with van der Waals surface area (Å²) in [6, 6.07) is 0. The zero-order valence-electron chi connectivity index (χ0n) is 9.59. The maximum Gasteiger partial charge on any atom is 0.0538 e. The van der Waals surface area contributed by atoms with Crippen molar-refractivity contribution in [1.29, 1.82) is 0 Å². The molecule has 0 unspecified atom stereocenters. The van der Waals surface area contributed by atoms with Gasteiger partial charge in [-0.3, -0.25) is 4.99 Å². The summed E-state index contributed by atoms with van der Waals surface area (Å²) in [5, 5.41) is 0. The highest BCUT2D eigenvalue weighted by molar-refractivity contribution is 5.31. The molecule has 76 valence electrons. The summed E-state index contributed by atoms with van der Waals surface area (Å²) in [6.07, 6.45) is 1.94. The number of likely N-dealkylation sites (N-methyl/N-ethyl adjacent to an activating group) is 1. The molecule has 0 amide bonds. The maximum atomic E-state index is 3.88. The molecule has 0 aromatic heterocycles. The molecule has 0 aliphatic rings. The molecule has 13 heavy (non-hydrogen) atoms. The van der Waals surface area contributed by atoms with E-state index < -0.39 is 0 Å². The van der Waals surface area contributed by atoms with Gasteiger partial charge in [0.2, 0.25) is 0 Å². The quantitative estimate of drug-likeness (QED) is 0.482. The molecular weight excluding hydrogens is 160 g/mol. The highest BCUT2D eigenvalue weighted by Crippen LogP contribution is 2.01. The molecule has 0 heterocycles. The zero-order valence-corrected chi connectivity index (χ0v) is 9.59. The molecule has 0 fully saturated rings.